The van der Waals surface area contributed by atoms with E-state index < -0.39 is 0 Å². The maximum absolute atomic E-state index is 11.5. The maximum Gasteiger partial charge on any atom is 0.309 e. The van der Waals surface area contributed by atoms with Gasteiger partial charge in [-0.05, 0) is 31.8 Å². The van der Waals surface area contributed by atoms with Gasteiger partial charge in [-0.1, -0.05) is 26.7 Å². The van der Waals surface area contributed by atoms with Crippen molar-refractivity contribution in [3.8, 4) is 0 Å². The van der Waals surface area contributed by atoms with Gasteiger partial charge in [0.05, 0.1) is 13.0 Å². The number of methoxy groups -OCH3 is 1. The fourth-order valence-corrected chi connectivity index (χ4v) is 3.07. The number of carbonyl (C=O) groups excluding carboxylic acids is 1. The Hall–Kier alpha value is -0.610. The largest absolute Gasteiger partial charge is 0.469 e. The highest BCUT2D eigenvalue weighted by molar-refractivity contribution is 5.72. The number of rotatable bonds is 6. The zero-order chi connectivity index (χ0) is 13.5. The summed E-state index contributed by atoms with van der Waals surface area (Å²) in [6, 6.07) is 0.542. The highest BCUT2D eigenvalue weighted by atomic mass is 16.5. The van der Waals surface area contributed by atoms with E-state index >= 15 is 0 Å². The summed E-state index contributed by atoms with van der Waals surface area (Å²) >= 11 is 0. The molecule has 18 heavy (non-hydrogen) atoms. The van der Waals surface area contributed by atoms with Gasteiger partial charge in [0.25, 0.3) is 0 Å². The van der Waals surface area contributed by atoms with Crippen LogP contribution in [0.2, 0.25) is 0 Å². The predicted octanol–water partition coefficient (Wildman–Crippen LogP) is 1.63. The molecule has 2 N–H and O–H groups in total. The average Bonchev–Trinajstić information content (AvgIpc) is 2.43. The van der Waals surface area contributed by atoms with Gasteiger partial charge in [0.2, 0.25) is 0 Å². The van der Waals surface area contributed by atoms with Crippen LogP contribution in [0.5, 0.6) is 0 Å². The lowest BCUT2D eigenvalue weighted by atomic mass is 9.83. The van der Waals surface area contributed by atoms with Crippen molar-refractivity contribution in [1.82, 2.24) is 4.90 Å². The van der Waals surface area contributed by atoms with Gasteiger partial charge in [-0.15, -0.1) is 0 Å². The molecule has 0 aromatic carbocycles. The second-order valence-electron chi connectivity index (χ2n) is 5.36. The molecule has 0 saturated heterocycles. The summed E-state index contributed by atoms with van der Waals surface area (Å²) in [6.07, 6.45) is 5.01. The van der Waals surface area contributed by atoms with Crippen LogP contribution in [0.15, 0.2) is 0 Å². The van der Waals surface area contributed by atoms with Crippen molar-refractivity contribution in [3.05, 3.63) is 0 Å². The number of ether oxygens (including phenoxy) is 1. The standard InChI is InChI=1S/C14H28N2O2/c1-4-16(10-11(2)14(17)18-3)13-8-6-5-7-12(13)9-15/h11-13H,4-10,15H2,1-3H3. The normalized spacial score (nSPS) is 26.1. The molecular formula is C14H28N2O2. The molecule has 0 amide bonds. The Labute approximate surface area is 111 Å². The van der Waals surface area contributed by atoms with E-state index in [9.17, 15) is 4.79 Å². The molecule has 1 saturated carbocycles. The lowest BCUT2D eigenvalue weighted by Gasteiger charge is -2.40. The minimum atomic E-state index is -0.117. The van der Waals surface area contributed by atoms with Gasteiger partial charge in [-0.25, -0.2) is 0 Å². The van der Waals surface area contributed by atoms with E-state index in [4.69, 9.17) is 10.5 Å². The molecule has 1 rings (SSSR count). The number of hydrogen-bond acceptors (Lipinski definition) is 4. The van der Waals surface area contributed by atoms with Gasteiger partial charge in [-0.3, -0.25) is 9.69 Å². The molecule has 4 nitrogen and oxygen atoms in total. The zero-order valence-corrected chi connectivity index (χ0v) is 12.0. The highest BCUT2D eigenvalue weighted by Crippen LogP contribution is 2.28. The van der Waals surface area contributed by atoms with Crippen molar-refractivity contribution < 1.29 is 9.53 Å². The molecule has 4 heteroatoms. The summed E-state index contributed by atoms with van der Waals surface area (Å²) in [7, 11) is 1.46. The van der Waals surface area contributed by atoms with Crippen LogP contribution < -0.4 is 5.73 Å². The predicted molar refractivity (Wildman–Crippen MR) is 73.2 cm³/mol. The Morgan fingerprint density at radius 2 is 2.11 bits per heavy atom. The SMILES string of the molecule is CCN(CC(C)C(=O)OC)C1CCCCC1CN. The molecule has 106 valence electrons. The van der Waals surface area contributed by atoms with Crippen LogP contribution in [0.1, 0.15) is 39.5 Å². The zero-order valence-electron chi connectivity index (χ0n) is 12.0. The topological polar surface area (TPSA) is 55.6 Å². The lowest BCUT2D eigenvalue weighted by molar-refractivity contribution is -0.145. The second kappa shape index (κ2) is 7.74. The molecule has 0 aromatic rings. The third-order valence-corrected chi connectivity index (χ3v) is 4.16. The summed E-state index contributed by atoms with van der Waals surface area (Å²) in [5.74, 6) is 0.410. The Morgan fingerprint density at radius 1 is 1.44 bits per heavy atom. The van der Waals surface area contributed by atoms with Gasteiger partial charge in [0.1, 0.15) is 0 Å². The number of esters is 1. The smallest absolute Gasteiger partial charge is 0.309 e. The molecular weight excluding hydrogens is 228 g/mol. The number of nitrogens with zero attached hydrogens (tertiary/aromatic N) is 1. The van der Waals surface area contributed by atoms with Crippen LogP contribution in [0.25, 0.3) is 0 Å². The third kappa shape index (κ3) is 3.95. The van der Waals surface area contributed by atoms with E-state index in [1.807, 2.05) is 6.92 Å². The third-order valence-electron chi connectivity index (χ3n) is 4.16. The van der Waals surface area contributed by atoms with E-state index in [0.29, 0.717) is 12.0 Å². The molecule has 0 spiro atoms. The average molecular weight is 256 g/mol. The summed E-state index contributed by atoms with van der Waals surface area (Å²) in [6.45, 7) is 6.61. The summed E-state index contributed by atoms with van der Waals surface area (Å²) in [5, 5.41) is 0. The van der Waals surface area contributed by atoms with E-state index in [2.05, 4.69) is 11.8 Å². The molecule has 1 aliphatic rings. The monoisotopic (exact) mass is 256 g/mol. The van der Waals surface area contributed by atoms with Crippen molar-refractivity contribution in [2.24, 2.45) is 17.6 Å². The van der Waals surface area contributed by atoms with Crippen LogP contribution in [-0.2, 0) is 9.53 Å². The van der Waals surface area contributed by atoms with Gasteiger partial charge in [0.15, 0.2) is 0 Å². The lowest BCUT2D eigenvalue weighted by Crippen LogP contribution is -2.47. The van der Waals surface area contributed by atoms with E-state index in [1.165, 1.54) is 32.8 Å². The first-order chi connectivity index (χ1) is 8.63. The molecule has 1 fully saturated rings. The van der Waals surface area contributed by atoms with E-state index in [0.717, 1.165) is 19.6 Å². The molecule has 0 bridgehead atoms. The molecule has 3 unspecified atom stereocenters. The van der Waals surface area contributed by atoms with Gasteiger partial charge >= 0.3 is 5.97 Å². The molecule has 0 aliphatic heterocycles. The molecule has 0 aromatic heterocycles. The molecule has 3 atom stereocenters. The highest BCUT2D eigenvalue weighted by Gasteiger charge is 2.30. The summed E-state index contributed by atoms with van der Waals surface area (Å²) in [5.41, 5.74) is 5.88. The first kappa shape index (κ1) is 15.4. The number of carbonyl (C=O) groups is 1. The van der Waals surface area contributed by atoms with Crippen molar-refractivity contribution in [1.29, 1.82) is 0 Å². The van der Waals surface area contributed by atoms with E-state index in [1.54, 1.807) is 0 Å². The Balaban J connectivity index is 2.60. The van der Waals surface area contributed by atoms with Crippen LogP contribution in [0.3, 0.4) is 0 Å². The van der Waals surface area contributed by atoms with Crippen LogP contribution >= 0.6 is 0 Å². The second-order valence-corrected chi connectivity index (χ2v) is 5.36. The maximum atomic E-state index is 11.5. The van der Waals surface area contributed by atoms with Crippen molar-refractivity contribution in [2.45, 2.75) is 45.6 Å². The first-order valence-electron chi connectivity index (χ1n) is 7.15. The van der Waals surface area contributed by atoms with Gasteiger partial charge < -0.3 is 10.5 Å². The Bertz CT molecular complexity index is 258. The van der Waals surface area contributed by atoms with Crippen LogP contribution in [0, 0.1) is 11.8 Å². The van der Waals surface area contributed by atoms with Crippen molar-refractivity contribution >= 4 is 5.97 Å². The fourth-order valence-electron chi connectivity index (χ4n) is 3.07. The molecule has 0 heterocycles. The number of nitrogens with two attached hydrogens (primary N) is 1. The minimum Gasteiger partial charge on any atom is -0.469 e. The van der Waals surface area contributed by atoms with Gasteiger partial charge in [0, 0.05) is 12.6 Å². The summed E-state index contributed by atoms with van der Waals surface area (Å²) < 4.78 is 4.81. The van der Waals surface area contributed by atoms with Crippen LogP contribution in [-0.4, -0.2) is 43.7 Å². The fraction of sp³-hybridized carbons (Fsp3) is 0.929. The quantitative estimate of drug-likeness (QED) is 0.734. The molecule has 0 radical (unpaired) electrons. The van der Waals surface area contributed by atoms with Crippen molar-refractivity contribution in [3.63, 3.8) is 0 Å². The van der Waals surface area contributed by atoms with Gasteiger partial charge in [-0.2, -0.15) is 0 Å². The Kier molecular flexibility index (Phi) is 6.65. The number of hydrogen-bond donors (Lipinski definition) is 1. The first-order valence-corrected chi connectivity index (χ1v) is 7.15. The summed E-state index contributed by atoms with van der Waals surface area (Å²) in [4.78, 5) is 13.9. The van der Waals surface area contributed by atoms with E-state index in [-0.39, 0.29) is 11.9 Å². The minimum absolute atomic E-state index is 0.0599. The van der Waals surface area contributed by atoms with Crippen LogP contribution in [0.4, 0.5) is 0 Å². The van der Waals surface area contributed by atoms with Crippen molar-refractivity contribution in [2.75, 3.05) is 26.7 Å². The Morgan fingerprint density at radius 3 is 2.67 bits per heavy atom. The molecule has 1 aliphatic carbocycles.